The summed E-state index contributed by atoms with van der Waals surface area (Å²) in [7, 11) is 0. The summed E-state index contributed by atoms with van der Waals surface area (Å²) >= 11 is 0. The normalized spacial score (nSPS) is 25.4. The van der Waals surface area contributed by atoms with Gasteiger partial charge in [0, 0.05) is 26.2 Å². The van der Waals surface area contributed by atoms with E-state index in [1.165, 1.54) is 23.1 Å². The van der Waals surface area contributed by atoms with Crippen LogP contribution in [0.25, 0.3) is 0 Å². The molecular weight excluding hydrogens is 335 g/mol. The predicted octanol–water partition coefficient (Wildman–Crippen LogP) is 3.16. The quantitative estimate of drug-likeness (QED) is 0.904. The molecule has 1 aromatic rings. The van der Waals surface area contributed by atoms with Crippen LogP contribution >= 0.6 is 0 Å². The molecule has 0 aromatic heterocycles. The Labute approximate surface area is 144 Å². The SMILES string of the molecule is O=C(CC1CCOCC1)N1C[C@H](O)C[C@@H]1c1ccccc1C(F)(F)F. The summed E-state index contributed by atoms with van der Waals surface area (Å²) in [6.45, 7) is 1.31. The molecule has 0 bridgehead atoms. The van der Waals surface area contributed by atoms with E-state index in [2.05, 4.69) is 0 Å². The molecule has 4 nitrogen and oxygen atoms in total. The van der Waals surface area contributed by atoms with E-state index in [1.807, 2.05) is 0 Å². The van der Waals surface area contributed by atoms with E-state index in [4.69, 9.17) is 4.74 Å². The molecule has 2 aliphatic rings. The van der Waals surface area contributed by atoms with Gasteiger partial charge in [0.05, 0.1) is 17.7 Å². The van der Waals surface area contributed by atoms with Gasteiger partial charge in [-0.3, -0.25) is 4.79 Å². The van der Waals surface area contributed by atoms with Gasteiger partial charge in [-0.2, -0.15) is 13.2 Å². The molecule has 0 unspecified atom stereocenters. The molecule has 0 saturated carbocycles. The zero-order valence-electron chi connectivity index (χ0n) is 13.8. The molecule has 1 amide bonds. The minimum absolute atomic E-state index is 0.0619. The van der Waals surface area contributed by atoms with E-state index in [1.54, 1.807) is 0 Å². The van der Waals surface area contributed by atoms with Crippen LogP contribution in [0.1, 0.15) is 42.9 Å². The lowest BCUT2D eigenvalue weighted by molar-refractivity contribution is -0.140. The summed E-state index contributed by atoms with van der Waals surface area (Å²) in [5.74, 6) is 0.00271. The number of carbonyl (C=O) groups excluding carboxylic acids is 1. The molecule has 3 rings (SSSR count). The van der Waals surface area contributed by atoms with Gasteiger partial charge in [0.25, 0.3) is 0 Å². The Hall–Kier alpha value is -1.60. The van der Waals surface area contributed by atoms with Crippen LogP contribution in [0.5, 0.6) is 0 Å². The number of rotatable bonds is 3. The fourth-order valence-corrected chi connectivity index (χ4v) is 3.74. The number of hydrogen-bond acceptors (Lipinski definition) is 3. The number of carbonyl (C=O) groups is 1. The molecule has 0 aliphatic carbocycles. The number of aliphatic hydroxyl groups excluding tert-OH is 1. The summed E-state index contributed by atoms with van der Waals surface area (Å²) in [4.78, 5) is 14.1. The van der Waals surface area contributed by atoms with Crippen molar-refractivity contribution in [3.63, 3.8) is 0 Å². The Morgan fingerprint density at radius 3 is 2.60 bits per heavy atom. The molecule has 2 aliphatic heterocycles. The van der Waals surface area contributed by atoms with Crippen LogP contribution in [0.15, 0.2) is 24.3 Å². The third kappa shape index (κ3) is 4.15. The second kappa shape index (κ2) is 7.33. The third-order valence-corrected chi connectivity index (χ3v) is 5.03. The van der Waals surface area contributed by atoms with Gasteiger partial charge in [0.1, 0.15) is 0 Å². The van der Waals surface area contributed by atoms with Crippen LogP contribution in [0.2, 0.25) is 0 Å². The van der Waals surface area contributed by atoms with Crippen molar-refractivity contribution in [3.05, 3.63) is 35.4 Å². The predicted molar refractivity (Wildman–Crippen MR) is 84.7 cm³/mol. The second-order valence-corrected chi connectivity index (χ2v) is 6.80. The standard InChI is InChI=1S/C18H22F3NO3/c19-18(20,21)15-4-2-1-3-14(15)16-10-13(23)11-22(16)17(24)9-12-5-7-25-8-6-12/h1-4,12-13,16,23H,5-11H2/t13-,16-/m1/s1. The number of β-amino-alcohol motifs (C(OH)–C–C–N with tert-alkyl or cyclic N) is 1. The van der Waals surface area contributed by atoms with Crippen molar-refractivity contribution in [2.24, 2.45) is 5.92 Å². The maximum Gasteiger partial charge on any atom is 0.416 e. The maximum absolute atomic E-state index is 13.3. The first-order chi connectivity index (χ1) is 11.9. The lowest BCUT2D eigenvalue weighted by atomic mass is 9.94. The van der Waals surface area contributed by atoms with Gasteiger partial charge in [-0.25, -0.2) is 0 Å². The van der Waals surface area contributed by atoms with Crippen LogP contribution in [-0.4, -0.2) is 41.8 Å². The van der Waals surface area contributed by atoms with E-state index in [0.717, 1.165) is 18.9 Å². The first kappa shape index (κ1) is 18.2. The first-order valence-corrected chi connectivity index (χ1v) is 8.57. The number of likely N-dealkylation sites (tertiary alicyclic amines) is 1. The number of benzene rings is 1. The smallest absolute Gasteiger partial charge is 0.391 e. The van der Waals surface area contributed by atoms with Crippen LogP contribution in [0.4, 0.5) is 13.2 Å². The molecule has 2 atom stereocenters. The molecular formula is C18H22F3NO3. The summed E-state index contributed by atoms with van der Waals surface area (Å²) < 4.78 is 45.2. The highest BCUT2D eigenvalue weighted by atomic mass is 19.4. The average molecular weight is 357 g/mol. The van der Waals surface area contributed by atoms with Crippen molar-refractivity contribution in [1.29, 1.82) is 0 Å². The van der Waals surface area contributed by atoms with Crippen molar-refractivity contribution in [1.82, 2.24) is 4.90 Å². The molecule has 138 valence electrons. The van der Waals surface area contributed by atoms with Gasteiger partial charge in [-0.05, 0) is 36.8 Å². The number of hydrogen-bond donors (Lipinski definition) is 1. The molecule has 2 saturated heterocycles. The van der Waals surface area contributed by atoms with Crippen LogP contribution in [-0.2, 0) is 15.7 Å². The number of amides is 1. The fraction of sp³-hybridized carbons (Fsp3) is 0.611. The molecule has 2 heterocycles. The van der Waals surface area contributed by atoms with E-state index in [0.29, 0.717) is 19.6 Å². The fourth-order valence-electron chi connectivity index (χ4n) is 3.74. The van der Waals surface area contributed by atoms with Crippen LogP contribution < -0.4 is 0 Å². The highest BCUT2D eigenvalue weighted by molar-refractivity contribution is 5.77. The number of aliphatic hydroxyl groups is 1. The van der Waals surface area contributed by atoms with E-state index in [9.17, 15) is 23.1 Å². The minimum Gasteiger partial charge on any atom is -0.391 e. The lowest BCUT2D eigenvalue weighted by Crippen LogP contribution is -2.34. The highest BCUT2D eigenvalue weighted by Gasteiger charge is 2.41. The molecule has 0 radical (unpaired) electrons. The average Bonchev–Trinajstić information content (AvgIpc) is 2.97. The number of nitrogens with zero attached hydrogens (tertiary/aromatic N) is 1. The van der Waals surface area contributed by atoms with Gasteiger partial charge in [-0.15, -0.1) is 0 Å². The Bertz CT molecular complexity index is 614. The maximum atomic E-state index is 13.3. The molecule has 25 heavy (non-hydrogen) atoms. The van der Waals surface area contributed by atoms with Crippen LogP contribution in [0.3, 0.4) is 0 Å². The summed E-state index contributed by atoms with van der Waals surface area (Å²) in [6.07, 6.45) is -3.30. The van der Waals surface area contributed by atoms with Crippen molar-refractivity contribution < 1.29 is 27.8 Å². The zero-order valence-corrected chi connectivity index (χ0v) is 13.8. The Morgan fingerprint density at radius 1 is 1.24 bits per heavy atom. The molecule has 1 aromatic carbocycles. The number of ether oxygens (including phenoxy) is 1. The summed E-state index contributed by atoms with van der Waals surface area (Å²) in [6, 6.07) is 4.57. The van der Waals surface area contributed by atoms with Gasteiger partial charge in [-0.1, -0.05) is 18.2 Å². The highest BCUT2D eigenvalue weighted by Crippen LogP contribution is 2.41. The van der Waals surface area contributed by atoms with E-state index >= 15 is 0 Å². The third-order valence-electron chi connectivity index (χ3n) is 5.03. The largest absolute Gasteiger partial charge is 0.416 e. The second-order valence-electron chi connectivity index (χ2n) is 6.80. The molecule has 1 N–H and O–H groups in total. The molecule has 2 fully saturated rings. The van der Waals surface area contributed by atoms with Crippen molar-refractivity contribution >= 4 is 5.91 Å². The van der Waals surface area contributed by atoms with Gasteiger partial charge < -0.3 is 14.7 Å². The van der Waals surface area contributed by atoms with Crippen molar-refractivity contribution in [2.45, 2.75) is 44.0 Å². The monoisotopic (exact) mass is 357 g/mol. The lowest BCUT2D eigenvalue weighted by Gasteiger charge is -2.29. The Balaban J connectivity index is 1.81. The van der Waals surface area contributed by atoms with E-state index < -0.39 is 23.9 Å². The topological polar surface area (TPSA) is 49.8 Å². The Morgan fingerprint density at radius 2 is 1.92 bits per heavy atom. The van der Waals surface area contributed by atoms with Crippen molar-refractivity contribution in [3.8, 4) is 0 Å². The van der Waals surface area contributed by atoms with Gasteiger partial charge in [0.2, 0.25) is 5.91 Å². The molecule has 0 spiro atoms. The van der Waals surface area contributed by atoms with Crippen LogP contribution in [0, 0.1) is 5.92 Å². The molecule has 7 heteroatoms. The summed E-state index contributed by atoms with van der Waals surface area (Å²) in [5, 5.41) is 9.98. The zero-order chi connectivity index (χ0) is 18.0. The number of alkyl halides is 3. The number of halogens is 3. The minimum atomic E-state index is -4.49. The Kier molecular flexibility index (Phi) is 5.34. The van der Waals surface area contributed by atoms with Gasteiger partial charge in [0.15, 0.2) is 0 Å². The first-order valence-electron chi connectivity index (χ1n) is 8.57. The van der Waals surface area contributed by atoms with Crippen molar-refractivity contribution in [2.75, 3.05) is 19.8 Å². The van der Waals surface area contributed by atoms with Gasteiger partial charge >= 0.3 is 6.18 Å². The van der Waals surface area contributed by atoms with E-state index in [-0.39, 0.29) is 30.4 Å². The summed E-state index contributed by atoms with van der Waals surface area (Å²) in [5.41, 5.74) is -0.676.